The number of nitrogens with one attached hydrogen (secondary N) is 1. The molecule has 11 heteroatoms. The number of nitro groups is 1. The highest BCUT2D eigenvalue weighted by Crippen LogP contribution is 2.32. The Morgan fingerprint density at radius 2 is 1.85 bits per heavy atom. The Morgan fingerprint density at radius 3 is 2.45 bits per heavy atom. The number of esters is 1. The molecule has 1 fully saturated rings. The Kier molecular flexibility index (Phi) is 7.91. The van der Waals surface area contributed by atoms with E-state index in [2.05, 4.69) is 10.1 Å². The summed E-state index contributed by atoms with van der Waals surface area (Å²) in [4.78, 5) is 48.5. The number of thiocarbonyl (C=S) groups is 1. The molecule has 0 bridgehead atoms. The zero-order valence-electron chi connectivity index (χ0n) is 17.5. The van der Waals surface area contributed by atoms with Gasteiger partial charge in [0.1, 0.15) is 4.32 Å². The number of carbonyl (C=O) groups excluding carboxylic acids is 3. The fraction of sp³-hybridized carbons (Fsp3) is 0.182. The second kappa shape index (κ2) is 10.8. The van der Waals surface area contributed by atoms with Crippen molar-refractivity contribution >= 4 is 63.5 Å². The highest BCUT2D eigenvalue weighted by Gasteiger charge is 2.31. The SMILES string of the molecule is COC(=O)c1ccc(C=C2SC(=S)N(CCCC(=O)Nc3ccc([N+](=O)[O-])cc3)C2=O)cc1. The van der Waals surface area contributed by atoms with E-state index in [-0.39, 0.29) is 30.5 Å². The fourth-order valence-corrected chi connectivity index (χ4v) is 4.27. The smallest absolute Gasteiger partial charge is 0.337 e. The van der Waals surface area contributed by atoms with E-state index in [1.54, 1.807) is 30.3 Å². The first-order chi connectivity index (χ1) is 15.8. The summed E-state index contributed by atoms with van der Waals surface area (Å²) in [6, 6.07) is 12.2. The average Bonchev–Trinajstić information content (AvgIpc) is 3.06. The molecule has 9 nitrogen and oxygen atoms in total. The average molecular weight is 486 g/mol. The minimum Gasteiger partial charge on any atom is -0.465 e. The summed E-state index contributed by atoms with van der Waals surface area (Å²) >= 11 is 6.49. The quantitative estimate of drug-likeness (QED) is 0.196. The number of amides is 2. The van der Waals surface area contributed by atoms with Crippen molar-refractivity contribution in [1.82, 2.24) is 4.90 Å². The summed E-state index contributed by atoms with van der Waals surface area (Å²) in [6.45, 7) is 0.289. The van der Waals surface area contributed by atoms with Gasteiger partial charge in [0.25, 0.3) is 11.6 Å². The standard InChI is InChI=1S/C22H19N3O6S2/c1-31-21(28)15-6-4-14(5-7-15)13-18-20(27)24(22(32)33-18)12-2-3-19(26)23-16-8-10-17(11-9-16)25(29)30/h4-11,13H,2-3,12H2,1H3,(H,23,26). The number of benzene rings is 2. The number of carbonyl (C=O) groups is 3. The summed E-state index contributed by atoms with van der Waals surface area (Å²) in [6.07, 6.45) is 2.25. The van der Waals surface area contributed by atoms with Crippen molar-refractivity contribution in [3.63, 3.8) is 0 Å². The molecule has 3 rings (SSSR count). The molecule has 0 aliphatic carbocycles. The number of nitro benzene ring substituents is 1. The van der Waals surface area contributed by atoms with Crippen LogP contribution < -0.4 is 5.32 Å². The van der Waals surface area contributed by atoms with Crippen LogP contribution in [0.25, 0.3) is 6.08 Å². The van der Waals surface area contributed by atoms with E-state index in [0.29, 0.717) is 26.9 Å². The molecule has 33 heavy (non-hydrogen) atoms. The summed E-state index contributed by atoms with van der Waals surface area (Å²) in [7, 11) is 1.31. The van der Waals surface area contributed by atoms with E-state index in [9.17, 15) is 24.5 Å². The third-order valence-electron chi connectivity index (χ3n) is 4.65. The Hall–Kier alpha value is -3.57. The molecule has 1 aliphatic rings. The Balaban J connectivity index is 1.52. The van der Waals surface area contributed by atoms with Crippen molar-refractivity contribution in [2.75, 3.05) is 19.0 Å². The molecule has 0 atom stereocenters. The maximum absolute atomic E-state index is 12.7. The van der Waals surface area contributed by atoms with E-state index >= 15 is 0 Å². The van der Waals surface area contributed by atoms with E-state index in [4.69, 9.17) is 12.2 Å². The van der Waals surface area contributed by atoms with E-state index in [1.165, 1.54) is 48.0 Å². The summed E-state index contributed by atoms with van der Waals surface area (Å²) in [5.41, 5.74) is 1.55. The molecule has 0 unspecified atom stereocenters. The maximum atomic E-state index is 12.7. The first kappa shape index (κ1) is 24.1. The van der Waals surface area contributed by atoms with E-state index in [1.807, 2.05) is 0 Å². The van der Waals surface area contributed by atoms with Gasteiger partial charge in [-0.05, 0) is 42.3 Å². The third kappa shape index (κ3) is 6.24. The van der Waals surface area contributed by atoms with Crippen molar-refractivity contribution in [3.8, 4) is 0 Å². The van der Waals surface area contributed by atoms with Crippen LogP contribution >= 0.6 is 24.0 Å². The van der Waals surface area contributed by atoms with E-state index < -0.39 is 10.9 Å². The van der Waals surface area contributed by atoms with Crippen molar-refractivity contribution in [2.24, 2.45) is 0 Å². The van der Waals surface area contributed by atoms with Gasteiger partial charge in [-0.3, -0.25) is 24.6 Å². The minimum atomic E-state index is -0.514. The van der Waals surface area contributed by atoms with Gasteiger partial charge in [0.15, 0.2) is 0 Å². The van der Waals surface area contributed by atoms with Gasteiger partial charge in [0.05, 0.1) is 22.5 Å². The van der Waals surface area contributed by atoms with Crippen molar-refractivity contribution in [3.05, 3.63) is 74.7 Å². The Labute approximate surface area is 198 Å². The highest BCUT2D eigenvalue weighted by molar-refractivity contribution is 8.26. The normalized spacial score (nSPS) is 14.5. The van der Waals surface area contributed by atoms with Gasteiger partial charge in [-0.1, -0.05) is 36.1 Å². The highest BCUT2D eigenvalue weighted by atomic mass is 32.2. The van der Waals surface area contributed by atoms with Crippen LogP contribution in [0.1, 0.15) is 28.8 Å². The summed E-state index contributed by atoms with van der Waals surface area (Å²) in [5.74, 6) is -0.946. The lowest BCUT2D eigenvalue weighted by Gasteiger charge is -2.14. The van der Waals surface area contributed by atoms with Gasteiger partial charge in [0.2, 0.25) is 5.91 Å². The minimum absolute atomic E-state index is 0.0603. The van der Waals surface area contributed by atoms with Crippen LogP contribution in [0.5, 0.6) is 0 Å². The molecular formula is C22H19N3O6S2. The van der Waals surface area contributed by atoms with Crippen LogP contribution in [0, 0.1) is 10.1 Å². The van der Waals surface area contributed by atoms with Crippen LogP contribution in [-0.4, -0.2) is 45.6 Å². The number of ether oxygens (including phenoxy) is 1. The molecule has 0 saturated carbocycles. The van der Waals surface area contributed by atoms with Gasteiger partial charge in [-0.2, -0.15) is 0 Å². The summed E-state index contributed by atoms with van der Waals surface area (Å²) in [5, 5.41) is 13.3. The number of anilines is 1. The lowest BCUT2D eigenvalue weighted by molar-refractivity contribution is -0.384. The van der Waals surface area contributed by atoms with Gasteiger partial charge < -0.3 is 10.1 Å². The topological polar surface area (TPSA) is 119 Å². The molecule has 0 aromatic heterocycles. The first-order valence-corrected chi connectivity index (χ1v) is 11.0. The Bertz CT molecular complexity index is 1130. The predicted octanol–water partition coefficient (Wildman–Crippen LogP) is 4.00. The number of rotatable bonds is 8. The number of nitrogens with zero attached hydrogens (tertiary/aromatic N) is 2. The number of methoxy groups -OCH3 is 1. The molecule has 0 spiro atoms. The summed E-state index contributed by atoms with van der Waals surface area (Å²) < 4.78 is 5.08. The second-order valence-corrected chi connectivity index (χ2v) is 8.58. The van der Waals surface area contributed by atoms with Gasteiger partial charge in [-0.25, -0.2) is 4.79 Å². The predicted molar refractivity (Wildman–Crippen MR) is 129 cm³/mol. The zero-order valence-corrected chi connectivity index (χ0v) is 19.1. The third-order valence-corrected chi connectivity index (χ3v) is 6.03. The maximum Gasteiger partial charge on any atom is 0.337 e. The molecule has 2 amide bonds. The molecule has 1 aliphatic heterocycles. The van der Waals surface area contributed by atoms with Gasteiger partial charge in [-0.15, -0.1) is 0 Å². The lowest BCUT2D eigenvalue weighted by Crippen LogP contribution is -2.29. The number of non-ortho nitro benzene ring substituents is 1. The molecule has 1 N–H and O–H groups in total. The molecule has 2 aromatic carbocycles. The lowest BCUT2D eigenvalue weighted by atomic mass is 10.1. The number of hydrogen-bond donors (Lipinski definition) is 1. The number of thioether (sulfide) groups is 1. The number of hydrogen-bond acceptors (Lipinski definition) is 8. The van der Waals surface area contributed by atoms with Crippen LogP contribution in [-0.2, 0) is 14.3 Å². The van der Waals surface area contributed by atoms with Crippen molar-refractivity contribution < 1.29 is 24.0 Å². The fourth-order valence-electron chi connectivity index (χ4n) is 2.97. The van der Waals surface area contributed by atoms with E-state index in [0.717, 1.165) is 5.56 Å². The van der Waals surface area contributed by atoms with Crippen molar-refractivity contribution in [1.29, 1.82) is 0 Å². The van der Waals surface area contributed by atoms with Crippen LogP contribution in [0.15, 0.2) is 53.4 Å². The molecule has 1 heterocycles. The van der Waals surface area contributed by atoms with Crippen molar-refractivity contribution in [2.45, 2.75) is 12.8 Å². The first-order valence-electron chi connectivity index (χ1n) is 9.76. The molecule has 2 aromatic rings. The van der Waals surface area contributed by atoms with Gasteiger partial charge >= 0.3 is 5.97 Å². The van der Waals surface area contributed by atoms with Gasteiger partial charge in [0, 0.05) is 30.8 Å². The van der Waals surface area contributed by atoms with Crippen LogP contribution in [0.2, 0.25) is 0 Å². The Morgan fingerprint density at radius 1 is 1.18 bits per heavy atom. The molecule has 1 saturated heterocycles. The molecule has 0 radical (unpaired) electrons. The molecule has 170 valence electrons. The zero-order chi connectivity index (χ0) is 24.0. The monoisotopic (exact) mass is 485 g/mol. The molecular weight excluding hydrogens is 466 g/mol. The van der Waals surface area contributed by atoms with Crippen LogP contribution in [0.4, 0.5) is 11.4 Å². The largest absolute Gasteiger partial charge is 0.465 e. The van der Waals surface area contributed by atoms with Crippen LogP contribution in [0.3, 0.4) is 0 Å². The second-order valence-electron chi connectivity index (χ2n) is 6.90.